The van der Waals surface area contributed by atoms with Gasteiger partial charge in [0.05, 0.1) is 12.5 Å². The van der Waals surface area contributed by atoms with Crippen LogP contribution in [-0.4, -0.2) is 48.9 Å². The summed E-state index contributed by atoms with van der Waals surface area (Å²) in [7, 11) is 1.74. The van der Waals surface area contributed by atoms with Gasteiger partial charge in [-0.1, -0.05) is 20.3 Å². The van der Waals surface area contributed by atoms with Crippen molar-refractivity contribution < 1.29 is 14.3 Å². The highest BCUT2D eigenvalue weighted by molar-refractivity contribution is 5.73. The Kier molecular flexibility index (Phi) is 8.51. The lowest BCUT2D eigenvalue weighted by Crippen LogP contribution is -2.53. The molecule has 23 heavy (non-hydrogen) atoms. The Morgan fingerprint density at radius 1 is 1.35 bits per heavy atom. The molecular formula is C18H36N2O3. The van der Waals surface area contributed by atoms with Gasteiger partial charge in [0.25, 0.3) is 0 Å². The van der Waals surface area contributed by atoms with Crippen LogP contribution < -0.4 is 5.43 Å². The third-order valence-corrected chi connectivity index (χ3v) is 4.30. The van der Waals surface area contributed by atoms with Crippen molar-refractivity contribution in [3.05, 3.63) is 0 Å². The Balaban J connectivity index is 2.74. The minimum atomic E-state index is -0.437. The molecule has 1 heterocycles. The van der Waals surface area contributed by atoms with Crippen LogP contribution in [0.4, 0.5) is 0 Å². The first kappa shape index (κ1) is 20.4. The lowest BCUT2D eigenvalue weighted by Gasteiger charge is -2.34. The molecule has 3 atom stereocenters. The molecule has 0 radical (unpaired) electrons. The third kappa shape index (κ3) is 6.77. The summed E-state index contributed by atoms with van der Waals surface area (Å²) >= 11 is 0. The van der Waals surface area contributed by atoms with Gasteiger partial charge in [0.15, 0.2) is 0 Å². The number of esters is 1. The maximum absolute atomic E-state index is 12.6. The number of nitrogens with zero attached hydrogens (tertiary/aromatic N) is 1. The first-order valence-electron chi connectivity index (χ1n) is 9.07. The van der Waals surface area contributed by atoms with Crippen LogP contribution >= 0.6 is 0 Å². The van der Waals surface area contributed by atoms with Crippen molar-refractivity contribution in [1.29, 1.82) is 0 Å². The molecule has 0 bridgehead atoms. The fraction of sp³-hybridized carbons (Fsp3) is 0.944. The molecule has 1 aliphatic heterocycles. The van der Waals surface area contributed by atoms with Crippen molar-refractivity contribution >= 4 is 5.97 Å². The first-order valence-corrected chi connectivity index (χ1v) is 9.07. The quantitative estimate of drug-likeness (QED) is 0.659. The number of hydrogen-bond acceptors (Lipinski definition) is 5. The molecule has 1 rings (SSSR count). The maximum atomic E-state index is 12.6. The van der Waals surface area contributed by atoms with Gasteiger partial charge in [0.1, 0.15) is 5.60 Å². The number of hydrogen-bond donors (Lipinski definition) is 1. The van der Waals surface area contributed by atoms with E-state index in [4.69, 9.17) is 9.47 Å². The average molecular weight is 328 g/mol. The van der Waals surface area contributed by atoms with Crippen molar-refractivity contribution in [2.75, 3.05) is 20.3 Å². The first-order chi connectivity index (χ1) is 10.8. The minimum absolute atomic E-state index is 0.0822. The highest BCUT2D eigenvalue weighted by Crippen LogP contribution is 2.23. The molecule has 1 N–H and O–H groups in total. The van der Waals surface area contributed by atoms with E-state index in [1.54, 1.807) is 7.11 Å². The predicted molar refractivity (Wildman–Crippen MR) is 93.1 cm³/mol. The Bertz CT molecular complexity index is 355. The third-order valence-electron chi connectivity index (χ3n) is 4.30. The standard InChI is InChI=1S/C18H36N2O3/c1-7-10-15(17(21)23-18(3,4)5)16(8-2)19-20-12-9-11-14(20)13-22-6/h14-16,19H,7-13H2,1-6H3/t14-,15-,16-/m0/s1. The monoisotopic (exact) mass is 328 g/mol. The molecule has 0 aromatic rings. The van der Waals surface area contributed by atoms with Gasteiger partial charge >= 0.3 is 5.97 Å². The molecule has 1 fully saturated rings. The Morgan fingerprint density at radius 2 is 2.04 bits per heavy atom. The summed E-state index contributed by atoms with van der Waals surface area (Å²) < 4.78 is 11.0. The van der Waals surface area contributed by atoms with Gasteiger partial charge in [-0.05, 0) is 46.5 Å². The van der Waals surface area contributed by atoms with Crippen LogP contribution in [-0.2, 0) is 14.3 Å². The van der Waals surface area contributed by atoms with E-state index < -0.39 is 5.60 Å². The molecule has 0 aromatic heterocycles. The predicted octanol–water partition coefficient (Wildman–Crippen LogP) is 3.14. The van der Waals surface area contributed by atoms with E-state index >= 15 is 0 Å². The number of rotatable bonds is 9. The molecule has 136 valence electrons. The molecule has 5 nitrogen and oxygen atoms in total. The number of methoxy groups -OCH3 is 1. The lowest BCUT2D eigenvalue weighted by molar-refractivity contribution is -0.162. The largest absolute Gasteiger partial charge is 0.460 e. The number of carbonyl (C=O) groups excluding carboxylic acids is 1. The normalized spacial score (nSPS) is 22.1. The van der Waals surface area contributed by atoms with E-state index in [1.807, 2.05) is 20.8 Å². The van der Waals surface area contributed by atoms with Gasteiger partial charge in [-0.2, -0.15) is 0 Å². The summed E-state index contributed by atoms with van der Waals surface area (Å²) in [6, 6.07) is 0.511. The molecule has 5 heteroatoms. The van der Waals surface area contributed by atoms with E-state index in [2.05, 4.69) is 24.3 Å². The summed E-state index contributed by atoms with van der Waals surface area (Å²) in [5.74, 6) is -0.186. The SMILES string of the molecule is CCC[C@H](C(=O)OC(C)(C)C)[C@H](CC)NN1CCC[C@H]1COC. The molecule has 0 unspecified atom stereocenters. The van der Waals surface area contributed by atoms with Gasteiger partial charge in [0.2, 0.25) is 0 Å². The molecule has 0 saturated carbocycles. The van der Waals surface area contributed by atoms with Crippen molar-refractivity contribution in [2.24, 2.45) is 5.92 Å². The van der Waals surface area contributed by atoms with E-state index in [-0.39, 0.29) is 17.9 Å². The Hall–Kier alpha value is -0.650. The van der Waals surface area contributed by atoms with Gasteiger partial charge in [-0.25, -0.2) is 5.01 Å². The molecule has 0 aliphatic carbocycles. The van der Waals surface area contributed by atoms with Crippen LogP contribution in [0.3, 0.4) is 0 Å². The highest BCUT2D eigenvalue weighted by Gasteiger charge is 2.34. The van der Waals surface area contributed by atoms with Crippen molar-refractivity contribution in [3.8, 4) is 0 Å². The van der Waals surface area contributed by atoms with E-state index in [1.165, 1.54) is 6.42 Å². The Morgan fingerprint density at radius 3 is 2.57 bits per heavy atom. The summed E-state index contributed by atoms with van der Waals surface area (Å²) in [6.45, 7) is 11.8. The van der Waals surface area contributed by atoms with Gasteiger partial charge in [-0.3, -0.25) is 10.2 Å². The maximum Gasteiger partial charge on any atom is 0.311 e. The van der Waals surface area contributed by atoms with Crippen LogP contribution in [0.15, 0.2) is 0 Å². The van der Waals surface area contributed by atoms with Crippen LogP contribution in [0, 0.1) is 5.92 Å². The van der Waals surface area contributed by atoms with Gasteiger partial charge in [-0.15, -0.1) is 0 Å². The molecule has 0 spiro atoms. The summed E-state index contributed by atoms with van der Waals surface area (Å²) in [4.78, 5) is 12.6. The average Bonchev–Trinajstić information content (AvgIpc) is 2.88. The highest BCUT2D eigenvalue weighted by atomic mass is 16.6. The Labute approximate surface area is 142 Å². The van der Waals surface area contributed by atoms with Crippen LogP contribution in [0.1, 0.15) is 66.7 Å². The fourth-order valence-corrected chi connectivity index (χ4v) is 3.22. The van der Waals surface area contributed by atoms with Gasteiger partial charge < -0.3 is 9.47 Å². The fourth-order valence-electron chi connectivity index (χ4n) is 3.22. The smallest absolute Gasteiger partial charge is 0.311 e. The lowest BCUT2D eigenvalue weighted by atomic mass is 9.93. The van der Waals surface area contributed by atoms with Crippen molar-refractivity contribution in [2.45, 2.75) is 84.4 Å². The topological polar surface area (TPSA) is 50.8 Å². The second-order valence-corrected chi connectivity index (χ2v) is 7.52. The zero-order valence-corrected chi connectivity index (χ0v) is 15.9. The minimum Gasteiger partial charge on any atom is -0.460 e. The van der Waals surface area contributed by atoms with Crippen LogP contribution in [0.2, 0.25) is 0 Å². The van der Waals surface area contributed by atoms with Crippen molar-refractivity contribution in [3.63, 3.8) is 0 Å². The second-order valence-electron chi connectivity index (χ2n) is 7.52. The zero-order chi connectivity index (χ0) is 17.5. The molecule has 1 saturated heterocycles. The van der Waals surface area contributed by atoms with Crippen molar-refractivity contribution in [1.82, 2.24) is 10.4 Å². The summed E-state index contributed by atoms with van der Waals surface area (Å²) in [5, 5.41) is 2.27. The molecular weight excluding hydrogens is 292 g/mol. The van der Waals surface area contributed by atoms with E-state index in [0.717, 1.165) is 38.8 Å². The van der Waals surface area contributed by atoms with E-state index in [0.29, 0.717) is 6.04 Å². The summed E-state index contributed by atoms with van der Waals surface area (Å²) in [6.07, 6.45) is 5.04. The zero-order valence-electron chi connectivity index (χ0n) is 15.9. The van der Waals surface area contributed by atoms with Crippen LogP contribution in [0.25, 0.3) is 0 Å². The number of ether oxygens (including phenoxy) is 2. The summed E-state index contributed by atoms with van der Waals surface area (Å²) in [5.41, 5.74) is 3.17. The number of carbonyl (C=O) groups is 1. The second kappa shape index (κ2) is 9.60. The molecule has 0 aromatic carbocycles. The number of hydrazine groups is 1. The van der Waals surface area contributed by atoms with E-state index in [9.17, 15) is 4.79 Å². The molecule has 0 amide bonds. The number of nitrogens with one attached hydrogen (secondary N) is 1. The van der Waals surface area contributed by atoms with Crippen LogP contribution in [0.5, 0.6) is 0 Å². The van der Waals surface area contributed by atoms with Gasteiger partial charge in [0, 0.05) is 25.7 Å². The molecule has 1 aliphatic rings.